The summed E-state index contributed by atoms with van der Waals surface area (Å²) in [4.78, 5) is 0. The maximum atomic E-state index is 5.01. The van der Waals surface area contributed by atoms with E-state index in [1.165, 1.54) is 0 Å². The van der Waals surface area contributed by atoms with Crippen LogP contribution in [-0.2, 0) is 14.2 Å². The molecule has 0 radical (unpaired) electrons. The van der Waals surface area contributed by atoms with Gasteiger partial charge in [0.2, 0.25) is 0 Å². The molecule has 0 aromatic carbocycles. The van der Waals surface area contributed by atoms with Crippen molar-refractivity contribution in [3.8, 4) is 0 Å². The second-order valence-corrected chi connectivity index (χ2v) is 3.35. The van der Waals surface area contributed by atoms with Crippen molar-refractivity contribution in [3.05, 3.63) is 0 Å². The summed E-state index contributed by atoms with van der Waals surface area (Å²) in [5, 5.41) is 0. The van der Waals surface area contributed by atoms with Crippen LogP contribution in [0, 0.1) is 5.41 Å². The van der Waals surface area contributed by atoms with Gasteiger partial charge in [-0.05, 0) is 0 Å². The highest BCUT2D eigenvalue weighted by Gasteiger charge is 2.32. The van der Waals surface area contributed by atoms with Crippen molar-refractivity contribution >= 4 is 0 Å². The average Bonchev–Trinajstić information content (AvgIpc) is 2.69. The fourth-order valence-corrected chi connectivity index (χ4v) is 0.882. The van der Waals surface area contributed by atoms with Crippen LogP contribution in [-0.4, -0.2) is 40.1 Å². The molecule has 2 aliphatic rings. The Balaban J connectivity index is 0.000000167. The molecule has 0 aliphatic carbocycles. The van der Waals surface area contributed by atoms with Crippen molar-refractivity contribution in [2.75, 3.05) is 40.1 Å². The van der Waals surface area contributed by atoms with Crippen LogP contribution in [0.2, 0.25) is 0 Å². The summed E-state index contributed by atoms with van der Waals surface area (Å²) in [7, 11) is 1.73. The molecule has 11 heavy (non-hydrogen) atoms. The molecule has 3 nitrogen and oxygen atoms in total. The Bertz CT molecular complexity index is 105. The van der Waals surface area contributed by atoms with E-state index in [0.29, 0.717) is 5.41 Å². The number of epoxide rings is 1. The van der Waals surface area contributed by atoms with Gasteiger partial charge >= 0.3 is 0 Å². The minimum Gasteiger partial charge on any atom is -0.384 e. The van der Waals surface area contributed by atoms with Gasteiger partial charge in [-0.1, -0.05) is 6.92 Å². The third-order valence-corrected chi connectivity index (χ3v) is 1.60. The van der Waals surface area contributed by atoms with Gasteiger partial charge in [0.25, 0.3) is 0 Å². The highest BCUT2D eigenvalue weighted by molar-refractivity contribution is 4.79. The first-order valence-electron chi connectivity index (χ1n) is 3.91. The molecular weight excluding hydrogens is 144 g/mol. The van der Waals surface area contributed by atoms with E-state index in [1.807, 2.05) is 0 Å². The minimum atomic E-state index is 0.328. The molecule has 0 aromatic rings. The number of hydrogen-bond acceptors (Lipinski definition) is 3. The fourth-order valence-electron chi connectivity index (χ4n) is 0.882. The van der Waals surface area contributed by atoms with E-state index in [-0.39, 0.29) is 0 Å². The SMILES string of the molecule is C1CO1.COCC1(C)COC1. The van der Waals surface area contributed by atoms with Crippen LogP contribution in [0.15, 0.2) is 0 Å². The van der Waals surface area contributed by atoms with Crippen molar-refractivity contribution in [2.45, 2.75) is 6.92 Å². The lowest BCUT2D eigenvalue weighted by molar-refractivity contribution is -0.131. The molecule has 2 rings (SSSR count). The smallest absolute Gasteiger partial charge is 0.0701 e. The van der Waals surface area contributed by atoms with E-state index in [0.717, 1.165) is 33.0 Å². The summed E-state index contributed by atoms with van der Waals surface area (Å²) in [5.41, 5.74) is 0.328. The summed E-state index contributed by atoms with van der Waals surface area (Å²) < 4.78 is 14.5. The molecule has 0 atom stereocenters. The van der Waals surface area contributed by atoms with Crippen LogP contribution in [0.1, 0.15) is 6.92 Å². The number of methoxy groups -OCH3 is 1. The van der Waals surface area contributed by atoms with Gasteiger partial charge < -0.3 is 14.2 Å². The molecule has 2 fully saturated rings. The molecule has 0 aromatic heterocycles. The highest BCUT2D eigenvalue weighted by atomic mass is 16.6. The molecule has 0 bridgehead atoms. The number of ether oxygens (including phenoxy) is 3. The Hall–Kier alpha value is -0.120. The standard InChI is InChI=1S/C6H12O2.C2H4O/c1-6(3-7-2)4-8-5-6;1-2-3-1/h3-5H2,1-2H3;1-2H2. The Kier molecular flexibility index (Phi) is 3.30. The number of hydrogen-bond donors (Lipinski definition) is 0. The van der Waals surface area contributed by atoms with Gasteiger partial charge in [0.1, 0.15) is 0 Å². The molecule has 3 heteroatoms. The molecule has 2 aliphatic heterocycles. The summed E-state index contributed by atoms with van der Waals surface area (Å²) in [6, 6.07) is 0. The predicted molar refractivity (Wildman–Crippen MR) is 41.6 cm³/mol. The fraction of sp³-hybridized carbons (Fsp3) is 1.00. The molecule has 0 amide bonds. The van der Waals surface area contributed by atoms with Gasteiger partial charge in [0.15, 0.2) is 0 Å². The van der Waals surface area contributed by atoms with Crippen LogP contribution < -0.4 is 0 Å². The lowest BCUT2D eigenvalue weighted by Gasteiger charge is -2.37. The van der Waals surface area contributed by atoms with E-state index in [1.54, 1.807) is 7.11 Å². The van der Waals surface area contributed by atoms with Crippen molar-refractivity contribution in [1.29, 1.82) is 0 Å². The summed E-state index contributed by atoms with van der Waals surface area (Å²) in [5.74, 6) is 0. The molecule has 0 unspecified atom stereocenters. The van der Waals surface area contributed by atoms with Crippen LogP contribution in [0.5, 0.6) is 0 Å². The molecule has 2 heterocycles. The zero-order valence-electron chi connectivity index (χ0n) is 7.26. The first kappa shape index (κ1) is 8.97. The monoisotopic (exact) mass is 160 g/mol. The quantitative estimate of drug-likeness (QED) is 0.557. The second-order valence-electron chi connectivity index (χ2n) is 3.35. The van der Waals surface area contributed by atoms with Crippen molar-refractivity contribution in [3.63, 3.8) is 0 Å². The first-order valence-corrected chi connectivity index (χ1v) is 3.91. The van der Waals surface area contributed by atoms with Crippen LogP contribution in [0.25, 0.3) is 0 Å². The topological polar surface area (TPSA) is 31.0 Å². The molecule has 66 valence electrons. The normalized spacial score (nSPS) is 24.5. The molecular formula is C8H16O3. The summed E-state index contributed by atoms with van der Waals surface area (Å²) in [6.45, 7) is 6.72. The largest absolute Gasteiger partial charge is 0.384 e. The van der Waals surface area contributed by atoms with Gasteiger partial charge in [0, 0.05) is 12.5 Å². The summed E-state index contributed by atoms with van der Waals surface area (Å²) in [6.07, 6.45) is 0. The van der Waals surface area contributed by atoms with Gasteiger partial charge in [-0.25, -0.2) is 0 Å². The van der Waals surface area contributed by atoms with Gasteiger partial charge in [-0.2, -0.15) is 0 Å². The molecule has 2 saturated heterocycles. The Morgan fingerprint density at radius 1 is 1.27 bits per heavy atom. The van der Waals surface area contributed by atoms with Crippen LogP contribution in [0.4, 0.5) is 0 Å². The maximum Gasteiger partial charge on any atom is 0.0701 e. The second kappa shape index (κ2) is 4.04. The third kappa shape index (κ3) is 3.70. The van der Waals surface area contributed by atoms with Crippen LogP contribution >= 0.6 is 0 Å². The average molecular weight is 160 g/mol. The number of rotatable bonds is 2. The Morgan fingerprint density at radius 3 is 1.91 bits per heavy atom. The van der Waals surface area contributed by atoms with E-state index in [4.69, 9.17) is 9.47 Å². The van der Waals surface area contributed by atoms with Gasteiger partial charge in [-0.15, -0.1) is 0 Å². The van der Waals surface area contributed by atoms with E-state index in [2.05, 4.69) is 11.7 Å². The molecule has 0 spiro atoms. The van der Waals surface area contributed by atoms with Crippen molar-refractivity contribution in [2.24, 2.45) is 5.41 Å². The van der Waals surface area contributed by atoms with E-state index in [9.17, 15) is 0 Å². The van der Waals surface area contributed by atoms with E-state index >= 15 is 0 Å². The highest BCUT2D eigenvalue weighted by Crippen LogP contribution is 2.25. The Morgan fingerprint density at radius 2 is 1.82 bits per heavy atom. The zero-order chi connectivity index (χ0) is 8.16. The van der Waals surface area contributed by atoms with E-state index < -0.39 is 0 Å². The van der Waals surface area contributed by atoms with Crippen molar-refractivity contribution in [1.82, 2.24) is 0 Å². The van der Waals surface area contributed by atoms with Crippen molar-refractivity contribution < 1.29 is 14.2 Å². The first-order chi connectivity index (χ1) is 5.27. The van der Waals surface area contributed by atoms with Gasteiger partial charge in [-0.3, -0.25) is 0 Å². The minimum absolute atomic E-state index is 0.328. The van der Waals surface area contributed by atoms with Gasteiger partial charge in [0.05, 0.1) is 33.0 Å². The lowest BCUT2D eigenvalue weighted by Crippen LogP contribution is -2.43. The third-order valence-electron chi connectivity index (χ3n) is 1.60. The maximum absolute atomic E-state index is 5.01. The zero-order valence-corrected chi connectivity index (χ0v) is 7.26. The van der Waals surface area contributed by atoms with Crippen LogP contribution in [0.3, 0.4) is 0 Å². The summed E-state index contributed by atoms with van der Waals surface area (Å²) >= 11 is 0. The lowest BCUT2D eigenvalue weighted by atomic mass is 9.90. The Labute approximate surface area is 67.6 Å². The molecule has 0 N–H and O–H groups in total. The predicted octanol–water partition coefficient (Wildman–Crippen LogP) is 0.686. The molecule has 0 saturated carbocycles.